The van der Waals surface area contributed by atoms with Gasteiger partial charge in [-0.1, -0.05) is 12.1 Å². The van der Waals surface area contributed by atoms with Gasteiger partial charge >= 0.3 is 12.3 Å². The smallest absolute Gasteiger partial charge is 0.416 e. The standard InChI is InChI=1S/C23H29F3N4O3/c1-14(15-7-5-9-17(11-15)23(24,25)26)29-20(31)18-13-28-30-10-6-8-16(19(18)30)12-27-21(32)33-22(2,3)4/h5,7,9,11,13-14,16H,6,8,10,12H2,1-4H3,(H,27,32)(H,29,31)/t14-,16?/m1/s1. The molecule has 0 fully saturated rings. The highest BCUT2D eigenvalue weighted by Crippen LogP contribution is 2.32. The van der Waals surface area contributed by atoms with Crippen LogP contribution in [-0.2, 0) is 17.5 Å². The number of nitrogens with zero attached hydrogens (tertiary/aromatic N) is 2. The minimum Gasteiger partial charge on any atom is -0.444 e. The Morgan fingerprint density at radius 1 is 1.27 bits per heavy atom. The number of fused-ring (bicyclic) bond motifs is 1. The molecular weight excluding hydrogens is 437 g/mol. The molecule has 1 aliphatic rings. The van der Waals surface area contributed by atoms with Gasteiger partial charge in [-0.3, -0.25) is 9.48 Å². The lowest BCUT2D eigenvalue weighted by molar-refractivity contribution is -0.137. The van der Waals surface area contributed by atoms with Gasteiger partial charge in [-0.2, -0.15) is 18.3 Å². The molecule has 1 aromatic carbocycles. The van der Waals surface area contributed by atoms with E-state index in [9.17, 15) is 22.8 Å². The molecular formula is C23H29F3N4O3. The summed E-state index contributed by atoms with van der Waals surface area (Å²) in [5.74, 6) is -0.566. The van der Waals surface area contributed by atoms with E-state index in [0.29, 0.717) is 23.4 Å². The van der Waals surface area contributed by atoms with Crippen LogP contribution in [0.4, 0.5) is 18.0 Å². The zero-order valence-corrected chi connectivity index (χ0v) is 19.1. The van der Waals surface area contributed by atoms with Crippen LogP contribution in [0.25, 0.3) is 0 Å². The molecule has 3 rings (SSSR count). The van der Waals surface area contributed by atoms with Gasteiger partial charge in [0.15, 0.2) is 0 Å². The molecule has 0 saturated heterocycles. The summed E-state index contributed by atoms with van der Waals surface area (Å²) < 4.78 is 46.1. The van der Waals surface area contributed by atoms with E-state index in [4.69, 9.17) is 4.74 Å². The minimum absolute atomic E-state index is 0.140. The third-order valence-electron chi connectivity index (χ3n) is 5.39. The molecule has 2 amide bonds. The quantitative estimate of drug-likeness (QED) is 0.663. The Morgan fingerprint density at radius 2 is 2.00 bits per heavy atom. The van der Waals surface area contributed by atoms with Gasteiger partial charge in [-0.05, 0) is 58.2 Å². The van der Waals surface area contributed by atoms with Crippen LogP contribution in [0.15, 0.2) is 30.5 Å². The highest BCUT2D eigenvalue weighted by molar-refractivity contribution is 5.95. The van der Waals surface area contributed by atoms with Crippen LogP contribution >= 0.6 is 0 Å². The van der Waals surface area contributed by atoms with Gasteiger partial charge in [0.1, 0.15) is 5.60 Å². The lowest BCUT2D eigenvalue weighted by Crippen LogP contribution is -2.36. The number of amides is 2. The molecule has 2 atom stereocenters. The molecule has 1 aliphatic heterocycles. The average molecular weight is 467 g/mol. The molecule has 0 aliphatic carbocycles. The van der Waals surface area contributed by atoms with E-state index in [1.165, 1.54) is 12.3 Å². The first-order chi connectivity index (χ1) is 15.3. The van der Waals surface area contributed by atoms with E-state index in [0.717, 1.165) is 25.0 Å². The number of aromatic nitrogens is 2. The number of alkyl halides is 3. The minimum atomic E-state index is -4.46. The molecule has 2 N–H and O–H groups in total. The van der Waals surface area contributed by atoms with E-state index in [1.807, 2.05) is 0 Å². The first-order valence-corrected chi connectivity index (χ1v) is 10.9. The second-order valence-electron chi connectivity index (χ2n) is 9.21. The number of rotatable bonds is 5. The second-order valence-corrected chi connectivity index (χ2v) is 9.21. The molecule has 1 aromatic heterocycles. The summed E-state index contributed by atoms with van der Waals surface area (Å²) in [5.41, 5.74) is 0.0125. The lowest BCUT2D eigenvalue weighted by Gasteiger charge is -2.26. The summed E-state index contributed by atoms with van der Waals surface area (Å²) in [7, 11) is 0. The fourth-order valence-electron chi connectivity index (χ4n) is 3.86. The number of benzene rings is 1. The summed E-state index contributed by atoms with van der Waals surface area (Å²) in [6.45, 7) is 7.88. The number of hydrogen-bond donors (Lipinski definition) is 2. The van der Waals surface area contributed by atoms with Gasteiger partial charge in [-0.25, -0.2) is 4.79 Å². The molecule has 10 heteroatoms. The van der Waals surface area contributed by atoms with Crippen molar-refractivity contribution in [1.82, 2.24) is 20.4 Å². The van der Waals surface area contributed by atoms with Crippen molar-refractivity contribution in [3.05, 3.63) is 52.8 Å². The van der Waals surface area contributed by atoms with Gasteiger partial charge < -0.3 is 15.4 Å². The number of alkyl carbamates (subject to hydrolysis) is 1. The summed E-state index contributed by atoms with van der Waals surface area (Å²) >= 11 is 0. The molecule has 0 radical (unpaired) electrons. The molecule has 0 spiro atoms. The van der Waals surface area contributed by atoms with Gasteiger partial charge in [0, 0.05) is 19.0 Å². The maximum Gasteiger partial charge on any atom is 0.416 e. The van der Waals surface area contributed by atoms with Crippen LogP contribution in [0, 0.1) is 0 Å². The molecule has 180 valence electrons. The highest BCUT2D eigenvalue weighted by Gasteiger charge is 2.32. The second kappa shape index (κ2) is 9.44. The molecule has 7 nitrogen and oxygen atoms in total. The van der Waals surface area contributed by atoms with Crippen molar-refractivity contribution in [1.29, 1.82) is 0 Å². The molecule has 0 saturated carbocycles. The normalized spacial score (nSPS) is 17.1. The van der Waals surface area contributed by atoms with Crippen LogP contribution in [-0.4, -0.2) is 33.9 Å². The Labute approximate surface area is 190 Å². The topological polar surface area (TPSA) is 85.3 Å². The van der Waals surface area contributed by atoms with Gasteiger partial charge in [-0.15, -0.1) is 0 Å². The van der Waals surface area contributed by atoms with E-state index in [2.05, 4.69) is 15.7 Å². The third-order valence-corrected chi connectivity index (χ3v) is 5.39. The third kappa shape index (κ3) is 6.27. The lowest BCUT2D eigenvalue weighted by atomic mass is 9.93. The van der Waals surface area contributed by atoms with Crippen LogP contribution in [0.5, 0.6) is 0 Å². The number of carbonyl (C=O) groups is 2. The molecule has 33 heavy (non-hydrogen) atoms. The molecule has 0 bridgehead atoms. The predicted molar refractivity (Wildman–Crippen MR) is 116 cm³/mol. The van der Waals surface area contributed by atoms with Crippen molar-refractivity contribution in [2.75, 3.05) is 6.54 Å². The van der Waals surface area contributed by atoms with Gasteiger partial charge in [0.2, 0.25) is 0 Å². The van der Waals surface area contributed by atoms with Crippen molar-refractivity contribution >= 4 is 12.0 Å². The summed E-state index contributed by atoms with van der Waals surface area (Å²) in [6.07, 6.45) is -1.93. The SMILES string of the molecule is C[C@@H](NC(=O)c1cnn2c1C(CNC(=O)OC(C)(C)C)CCC2)c1cccc(C(F)(F)F)c1. The number of aryl methyl sites for hydroxylation is 1. The maximum atomic E-state index is 13.0. The van der Waals surface area contributed by atoms with E-state index < -0.39 is 35.4 Å². The van der Waals surface area contributed by atoms with Crippen molar-refractivity contribution in [2.24, 2.45) is 0 Å². The number of nitrogens with one attached hydrogen (secondary N) is 2. The maximum absolute atomic E-state index is 13.0. The zero-order chi connectivity index (χ0) is 24.4. The van der Waals surface area contributed by atoms with Crippen molar-refractivity contribution < 1.29 is 27.5 Å². The van der Waals surface area contributed by atoms with Crippen LogP contribution in [0.2, 0.25) is 0 Å². The Hall–Kier alpha value is -3.04. The number of carbonyl (C=O) groups excluding carboxylic acids is 2. The van der Waals surface area contributed by atoms with Gasteiger partial charge in [0.25, 0.3) is 5.91 Å². The predicted octanol–water partition coefficient (Wildman–Crippen LogP) is 4.80. The highest BCUT2D eigenvalue weighted by atomic mass is 19.4. The Morgan fingerprint density at radius 3 is 2.67 bits per heavy atom. The first kappa shape index (κ1) is 24.6. The number of halogens is 3. The monoisotopic (exact) mass is 466 g/mol. The number of ether oxygens (including phenoxy) is 1. The van der Waals surface area contributed by atoms with Crippen molar-refractivity contribution in [2.45, 2.75) is 70.8 Å². The van der Waals surface area contributed by atoms with Crippen molar-refractivity contribution in [3.63, 3.8) is 0 Å². The number of hydrogen-bond acceptors (Lipinski definition) is 4. The summed E-state index contributed by atoms with van der Waals surface area (Å²) in [6, 6.07) is 4.25. The van der Waals surface area contributed by atoms with Crippen LogP contribution in [0.1, 0.15) is 79.7 Å². The van der Waals surface area contributed by atoms with Crippen LogP contribution in [0.3, 0.4) is 0 Å². The Balaban J connectivity index is 1.73. The van der Waals surface area contributed by atoms with E-state index in [1.54, 1.807) is 38.4 Å². The molecule has 2 heterocycles. The fraction of sp³-hybridized carbons (Fsp3) is 0.522. The Bertz CT molecular complexity index is 1010. The van der Waals surface area contributed by atoms with E-state index >= 15 is 0 Å². The zero-order valence-electron chi connectivity index (χ0n) is 19.1. The largest absolute Gasteiger partial charge is 0.444 e. The molecule has 1 unspecified atom stereocenters. The van der Waals surface area contributed by atoms with E-state index in [-0.39, 0.29) is 12.5 Å². The Kier molecular flexibility index (Phi) is 7.04. The fourth-order valence-corrected chi connectivity index (χ4v) is 3.86. The van der Waals surface area contributed by atoms with Gasteiger partial charge in [0.05, 0.1) is 29.1 Å². The van der Waals surface area contributed by atoms with Crippen LogP contribution < -0.4 is 10.6 Å². The first-order valence-electron chi connectivity index (χ1n) is 10.9. The molecule has 2 aromatic rings. The van der Waals surface area contributed by atoms with Crippen molar-refractivity contribution in [3.8, 4) is 0 Å². The summed E-state index contributed by atoms with van der Waals surface area (Å²) in [4.78, 5) is 25.1. The summed E-state index contributed by atoms with van der Waals surface area (Å²) in [5, 5.41) is 9.83. The average Bonchev–Trinajstić information content (AvgIpc) is 3.15.